The lowest BCUT2D eigenvalue weighted by molar-refractivity contribution is 0.0276. The first-order valence-electron chi connectivity index (χ1n) is 5.93. The summed E-state index contributed by atoms with van der Waals surface area (Å²) in [6.45, 7) is 3.98. The van der Waals surface area contributed by atoms with E-state index in [1.165, 1.54) is 0 Å². The highest BCUT2D eigenvalue weighted by Gasteiger charge is 2.25. The number of benzene rings is 1. The van der Waals surface area contributed by atoms with Crippen molar-refractivity contribution in [1.82, 2.24) is 0 Å². The van der Waals surface area contributed by atoms with Crippen LogP contribution in [0.4, 0.5) is 5.69 Å². The molecule has 1 saturated heterocycles. The molecular weight excluding hydrogens is 250 g/mol. The Balaban J connectivity index is 2.25. The van der Waals surface area contributed by atoms with Gasteiger partial charge in [0.1, 0.15) is 6.07 Å². The van der Waals surface area contributed by atoms with Gasteiger partial charge in [-0.25, -0.2) is 0 Å². The smallest absolute Gasteiger partial charge is 0.101 e. The molecule has 0 saturated carbocycles. The number of halogens is 1. The van der Waals surface area contributed by atoms with Gasteiger partial charge in [-0.2, -0.15) is 5.26 Å². The number of nitrogens with two attached hydrogens (primary N) is 1. The van der Waals surface area contributed by atoms with E-state index < -0.39 is 0 Å². The van der Waals surface area contributed by atoms with Gasteiger partial charge in [-0.05, 0) is 25.1 Å². The summed E-state index contributed by atoms with van der Waals surface area (Å²) in [6, 6.07) is 7.46. The van der Waals surface area contributed by atoms with Crippen molar-refractivity contribution in [2.24, 2.45) is 5.73 Å². The van der Waals surface area contributed by atoms with Crippen molar-refractivity contribution >= 4 is 17.3 Å². The third-order valence-corrected chi connectivity index (χ3v) is 3.34. The van der Waals surface area contributed by atoms with Gasteiger partial charge in [0, 0.05) is 24.2 Å². The van der Waals surface area contributed by atoms with Crippen molar-refractivity contribution in [3.05, 3.63) is 28.8 Å². The van der Waals surface area contributed by atoms with E-state index in [2.05, 4.69) is 11.0 Å². The maximum Gasteiger partial charge on any atom is 0.101 e. The van der Waals surface area contributed by atoms with E-state index in [0.717, 1.165) is 12.2 Å². The van der Waals surface area contributed by atoms with E-state index in [4.69, 9.17) is 27.3 Å². The second-order valence-electron chi connectivity index (χ2n) is 4.49. The topological polar surface area (TPSA) is 62.3 Å². The van der Waals surface area contributed by atoms with E-state index in [1.54, 1.807) is 12.1 Å². The van der Waals surface area contributed by atoms with Gasteiger partial charge in [0.05, 0.1) is 24.0 Å². The number of nitrogens with zero attached hydrogens (tertiary/aromatic N) is 2. The van der Waals surface area contributed by atoms with E-state index in [1.807, 2.05) is 13.0 Å². The highest BCUT2D eigenvalue weighted by molar-refractivity contribution is 6.30. The minimum atomic E-state index is -0.0301. The molecule has 1 fully saturated rings. The molecule has 0 aliphatic carbocycles. The Morgan fingerprint density at radius 1 is 1.61 bits per heavy atom. The fourth-order valence-corrected chi connectivity index (χ4v) is 2.24. The third kappa shape index (κ3) is 2.75. The molecule has 0 amide bonds. The van der Waals surface area contributed by atoms with Crippen LogP contribution in [0.1, 0.15) is 12.5 Å². The fourth-order valence-electron chi connectivity index (χ4n) is 2.07. The summed E-state index contributed by atoms with van der Waals surface area (Å²) >= 11 is 6.00. The van der Waals surface area contributed by atoms with Gasteiger partial charge in [0.2, 0.25) is 0 Å². The average Bonchev–Trinajstić information content (AvgIpc) is 2.39. The zero-order chi connectivity index (χ0) is 13.1. The van der Waals surface area contributed by atoms with Gasteiger partial charge in [-0.3, -0.25) is 0 Å². The molecule has 2 rings (SSSR count). The van der Waals surface area contributed by atoms with Crippen molar-refractivity contribution in [3.63, 3.8) is 0 Å². The number of anilines is 1. The molecule has 5 heteroatoms. The molecule has 0 spiro atoms. The van der Waals surface area contributed by atoms with Crippen molar-refractivity contribution in [2.75, 3.05) is 24.6 Å². The third-order valence-electron chi connectivity index (χ3n) is 3.10. The molecule has 0 bridgehead atoms. The first kappa shape index (κ1) is 13.2. The van der Waals surface area contributed by atoms with Crippen LogP contribution < -0.4 is 10.6 Å². The lowest BCUT2D eigenvalue weighted by atomic mass is 10.1. The summed E-state index contributed by atoms with van der Waals surface area (Å²) < 4.78 is 5.61. The molecule has 1 aromatic rings. The van der Waals surface area contributed by atoms with E-state index in [0.29, 0.717) is 23.7 Å². The van der Waals surface area contributed by atoms with Crippen molar-refractivity contribution < 1.29 is 4.74 Å². The van der Waals surface area contributed by atoms with Crippen molar-refractivity contribution in [1.29, 1.82) is 5.26 Å². The SMILES string of the molecule is CC(N)C1CN(c2cc(Cl)ccc2C#N)CCO1. The van der Waals surface area contributed by atoms with Crippen LogP contribution in [0, 0.1) is 11.3 Å². The quantitative estimate of drug-likeness (QED) is 0.885. The number of nitriles is 1. The second-order valence-corrected chi connectivity index (χ2v) is 4.92. The van der Waals surface area contributed by atoms with E-state index in [-0.39, 0.29) is 12.1 Å². The first-order chi connectivity index (χ1) is 8.61. The van der Waals surface area contributed by atoms with Gasteiger partial charge in [0.25, 0.3) is 0 Å². The lowest BCUT2D eigenvalue weighted by Crippen LogP contribution is -2.49. The maximum atomic E-state index is 9.14. The molecule has 18 heavy (non-hydrogen) atoms. The van der Waals surface area contributed by atoms with Gasteiger partial charge in [-0.1, -0.05) is 11.6 Å². The van der Waals surface area contributed by atoms with E-state index >= 15 is 0 Å². The standard InChI is InChI=1S/C13H16ClN3O/c1-9(16)13-8-17(4-5-18-13)12-6-11(14)3-2-10(12)7-15/h2-3,6,9,13H,4-5,8,16H2,1H3. The molecule has 1 heterocycles. The molecule has 2 atom stereocenters. The number of rotatable bonds is 2. The van der Waals surface area contributed by atoms with Crippen LogP contribution in [0.5, 0.6) is 0 Å². The number of ether oxygens (including phenoxy) is 1. The summed E-state index contributed by atoms with van der Waals surface area (Å²) in [5, 5.41) is 9.77. The zero-order valence-corrected chi connectivity index (χ0v) is 11.0. The average molecular weight is 266 g/mol. The Bertz CT molecular complexity index is 470. The number of morpholine rings is 1. The summed E-state index contributed by atoms with van der Waals surface area (Å²) in [4.78, 5) is 2.11. The van der Waals surface area contributed by atoms with Crippen LogP contribution in [0.2, 0.25) is 5.02 Å². The van der Waals surface area contributed by atoms with Crippen LogP contribution >= 0.6 is 11.6 Å². The summed E-state index contributed by atoms with van der Waals surface area (Å²) in [6.07, 6.45) is -0.00993. The van der Waals surface area contributed by atoms with Gasteiger partial charge in [-0.15, -0.1) is 0 Å². The van der Waals surface area contributed by atoms with Crippen molar-refractivity contribution in [2.45, 2.75) is 19.1 Å². The van der Waals surface area contributed by atoms with Gasteiger partial charge in [0.15, 0.2) is 0 Å². The fraction of sp³-hybridized carbons (Fsp3) is 0.462. The highest BCUT2D eigenvalue weighted by Crippen LogP contribution is 2.26. The molecule has 1 aliphatic rings. The minimum absolute atomic E-state index is 0.00993. The normalized spacial score (nSPS) is 21.4. The Hall–Kier alpha value is -1.28. The largest absolute Gasteiger partial charge is 0.373 e. The Morgan fingerprint density at radius 3 is 3.06 bits per heavy atom. The zero-order valence-electron chi connectivity index (χ0n) is 10.3. The number of hydrogen-bond acceptors (Lipinski definition) is 4. The predicted molar refractivity (Wildman–Crippen MR) is 71.8 cm³/mol. The van der Waals surface area contributed by atoms with Crippen LogP contribution in [0.25, 0.3) is 0 Å². The minimum Gasteiger partial charge on any atom is -0.373 e. The summed E-state index contributed by atoms with van der Waals surface area (Å²) in [5.74, 6) is 0. The first-order valence-corrected chi connectivity index (χ1v) is 6.31. The molecule has 2 N–H and O–H groups in total. The summed E-state index contributed by atoms with van der Waals surface area (Å²) in [5.41, 5.74) is 7.35. The Labute approximate surface area is 112 Å². The highest BCUT2D eigenvalue weighted by atomic mass is 35.5. The molecule has 1 aliphatic heterocycles. The van der Waals surface area contributed by atoms with Crippen LogP contribution in [-0.4, -0.2) is 31.8 Å². The molecule has 1 aromatic carbocycles. The second kappa shape index (κ2) is 5.57. The maximum absolute atomic E-state index is 9.14. The Morgan fingerprint density at radius 2 is 2.39 bits per heavy atom. The molecule has 4 nitrogen and oxygen atoms in total. The predicted octanol–water partition coefficient (Wildman–Crippen LogP) is 1.76. The van der Waals surface area contributed by atoms with E-state index in [9.17, 15) is 0 Å². The molecular formula is C13H16ClN3O. The molecule has 0 aromatic heterocycles. The summed E-state index contributed by atoms with van der Waals surface area (Å²) in [7, 11) is 0. The van der Waals surface area contributed by atoms with Crippen molar-refractivity contribution in [3.8, 4) is 6.07 Å². The molecule has 2 unspecified atom stereocenters. The monoisotopic (exact) mass is 265 g/mol. The molecule has 96 valence electrons. The van der Waals surface area contributed by atoms with Crippen LogP contribution in [0.15, 0.2) is 18.2 Å². The van der Waals surface area contributed by atoms with Crippen LogP contribution in [0.3, 0.4) is 0 Å². The van der Waals surface area contributed by atoms with Gasteiger partial charge < -0.3 is 15.4 Å². The Kier molecular flexibility index (Phi) is 4.07. The van der Waals surface area contributed by atoms with Crippen LogP contribution in [-0.2, 0) is 4.74 Å². The number of hydrogen-bond donors (Lipinski definition) is 1. The molecule has 0 radical (unpaired) electrons. The van der Waals surface area contributed by atoms with Gasteiger partial charge >= 0.3 is 0 Å². The lowest BCUT2D eigenvalue weighted by Gasteiger charge is -2.36.